The summed E-state index contributed by atoms with van der Waals surface area (Å²) in [5, 5.41) is 7.08. The molecule has 17 heavy (non-hydrogen) atoms. The van der Waals surface area contributed by atoms with Gasteiger partial charge in [0.05, 0.1) is 0 Å². The van der Waals surface area contributed by atoms with Gasteiger partial charge < -0.3 is 16.4 Å². The molecule has 1 atom stereocenters. The van der Waals surface area contributed by atoms with Crippen LogP contribution in [0, 0.1) is 5.92 Å². The van der Waals surface area contributed by atoms with Crippen LogP contribution >= 0.6 is 0 Å². The van der Waals surface area contributed by atoms with Gasteiger partial charge in [-0.1, -0.05) is 39.8 Å². The molecule has 0 radical (unpaired) electrons. The quantitative estimate of drug-likeness (QED) is 0.617. The molecule has 0 saturated heterocycles. The summed E-state index contributed by atoms with van der Waals surface area (Å²) in [6.45, 7) is 10.8. The van der Waals surface area contributed by atoms with E-state index in [4.69, 9.17) is 5.73 Å². The van der Waals surface area contributed by atoms with Crippen molar-refractivity contribution in [3.63, 3.8) is 0 Å². The van der Waals surface area contributed by atoms with E-state index in [9.17, 15) is 0 Å². The fraction of sp³-hybridized carbons (Fsp3) is 0.714. The molecule has 0 saturated carbocycles. The van der Waals surface area contributed by atoms with Crippen molar-refractivity contribution in [3.05, 3.63) is 23.9 Å². The predicted molar refractivity (Wildman–Crippen MR) is 74.7 cm³/mol. The minimum atomic E-state index is 0.0710. The third-order valence-electron chi connectivity index (χ3n) is 3.41. The largest absolute Gasteiger partial charge is 0.399 e. The molecule has 4 N–H and O–H groups in total. The molecule has 1 rings (SSSR count). The van der Waals surface area contributed by atoms with Crippen LogP contribution in [0.15, 0.2) is 23.9 Å². The lowest BCUT2D eigenvalue weighted by Crippen LogP contribution is -2.51. The highest BCUT2D eigenvalue weighted by Gasteiger charge is 2.30. The van der Waals surface area contributed by atoms with Crippen molar-refractivity contribution >= 4 is 0 Å². The van der Waals surface area contributed by atoms with Crippen LogP contribution < -0.4 is 16.4 Å². The third kappa shape index (κ3) is 4.17. The molecule has 0 aromatic heterocycles. The molecule has 0 spiro atoms. The lowest BCUT2D eigenvalue weighted by molar-refractivity contribution is 0.298. The summed E-state index contributed by atoms with van der Waals surface area (Å²) >= 11 is 0. The Morgan fingerprint density at radius 2 is 2.00 bits per heavy atom. The molecule has 1 aliphatic carbocycles. The van der Waals surface area contributed by atoms with E-state index in [1.165, 1.54) is 0 Å². The maximum Gasteiger partial charge on any atom is 0.0427 e. The lowest BCUT2D eigenvalue weighted by atomic mass is 9.80. The standard InChI is InChI=1S/C14H27N3/c1-11(2)14(7-5-13(15)6-8-14)17-10-9-16-12(3)4/h5-7,11-12,16-17H,8-10,15H2,1-4H3. The molecule has 0 aromatic carbocycles. The minimum Gasteiger partial charge on any atom is -0.399 e. The molecule has 0 amide bonds. The Balaban J connectivity index is 2.48. The highest BCUT2D eigenvalue weighted by atomic mass is 15.0. The summed E-state index contributed by atoms with van der Waals surface area (Å²) < 4.78 is 0. The molecule has 1 unspecified atom stereocenters. The van der Waals surface area contributed by atoms with Gasteiger partial charge in [0.2, 0.25) is 0 Å². The number of nitrogens with two attached hydrogens (primary N) is 1. The van der Waals surface area contributed by atoms with Gasteiger partial charge in [0, 0.05) is 30.4 Å². The Kier molecular flexibility index (Phi) is 5.22. The molecular formula is C14H27N3. The van der Waals surface area contributed by atoms with E-state index in [1.54, 1.807) is 0 Å². The Labute approximate surface area is 106 Å². The first kappa shape index (κ1) is 14.3. The van der Waals surface area contributed by atoms with E-state index in [1.807, 2.05) is 6.08 Å². The van der Waals surface area contributed by atoms with Crippen LogP contribution in [0.3, 0.4) is 0 Å². The van der Waals surface area contributed by atoms with Gasteiger partial charge in [-0.05, 0) is 18.4 Å². The summed E-state index contributed by atoms with van der Waals surface area (Å²) in [5.41, 5.74) is 6.73. The summed E-state index contributed by atoms with van der Waals surface area (Å²) in [7, 11) is 0. The number of rotatable bonds is 6. The van der Waals surface area contributed by atoms with Gasteiger partial charge in [-0.3, -0.25) is 0 Å². The maximum absolute atomic E-state index is 5.78. The van der Waals surface area contributed by atoms with Gasteiger partial charge in [-0.2, -0.15) is 0 Å². The Hall–Kier alpha value is -0.800. The van der Waals surface area contributed by atoms with Crippen LogP contribution in [0.1, 0.15) is 34.1 Å². The van der Waals surface area contributed by atoms with Crippen LogP contribution in [0.4, 0.5) is 0 Å². The Bertz CT molecular complexity index is 292. The molecule has 0 aromatic rings. The monoisotopic (exact) mass is 237 g/mol. The number of allylic oxidation sites excluding steroid dienone is 1. The topological polar surface area (TPSA) is 50.1 Å². The molecule has 0 bridgehead atoms. The summed E-state index contributed by atoms with van der Waals surface area (Å²) in [4.78, 5) is 0. The first-order chi connectivity index (χ1) is 7.96. The zero-order valence-corrected chi connectivity index (χ0v) is 11.6. The van der Waals surface area contributed by atoms with Gasteiger partial charge in [0.15, 0.2) is 0 Å². The summed E-state index contributed by atoms with van der Waals surface area (Å²) in [6.07, 6.45) is 7.34. The van der Waals surface area contributed by atoms with Gasteiger partial charge in [0.1, 0.15) is 0 Å². The molecule has 3 nitrogen and oxygen atoms in total. The fourth-order valence-corrected chi connectivity index (χ4v) is 2.09. The second-order valence-electron chi connectivity index (χ2n) is 5.47. The van der Waals surface area contributed by atoms with Gasteiger partial charge >= 0.3 is 0 Å². The predicted octanol–water partition coefficient (Wildman–Crippen LogP) is 1.77. The zero-order valence-electron chi connectivity index (χ0n) is 11.6. The number of hydrogen-bond acceptors (Lipinski definition) is 3. The molecule has 0 heterocycles. The summed E-state index contributed by atoms with van der Waals surface area (Å²) in [6, 6.07) is 0.546. The van der Waals surface area contributed by atoms with Crippen LogP contribution in [0.5, 0.6) is 0 Å². The van der Waals surface area contributed by atoms with Crippen molar-refractivity contribution in [1.82, 2.24) is 10.6 Å². The van der Waals surface area contributed by atoms with Gasteiger partial charge in [-0.15, -0.1) is 0 Å². The second-order valence-corrected chi connectivity index (χ2v) is 5.47. The molecule has 0 fully saturated rings. The van der Waals surface area contributed by atoms with Crippen LogP contribution in [0.2, 0.25) is 0 Å². The lowest BCUT2D eigenvalue weighted by Gasteiger charge is -2.37. The minimum absolute atomic E-state index is 0.0710. The van der Waals surface area contributed by atoms with Gasteiger partial charge in [0.25, 0.3) is 0 Å². The number of nitrogens with one attached hydrogen (secondary N) is 2. The van der Waals surface area contributed by atoms with E-state index < -0.39 is 0 Å². The van der Waals surface area contributed by atoms with Gasteiger partial charge in [-0.25, -0.2) is 0 Å². The third-order valence-corrected chi connectivity index (χ3v) is 3.41. The molecule has 0 aliphatic heterocycles. The van der Waals surface area contributed by atoms with E-state index in [0.717, 1.165) is 25.2 Å². The van der Waals surface area contributed by atoms with E-state index >= 15 is 0 Å². The van der Waals surface area contributed by atoms with Crippen molar-refractivity contribution in [2.24, 2.45) is 11.7 Å². The smallest absolute Gasteiger partial charge is 0.0427 e. The number of hydrogen-bond donors (Lipinski definition) is 3. The van der Waals surface area contributed by atoms with E-state index in [-0.39, 0.29) is 5.54 Å². The van der Waals surface area contributed by atoms with Crippen LogP contribution in [-0.4, -0.2) is 24.7 Å². The van der Waals surface area contributed by atoms with Crippen molar-refractivity contribution in [1.29, 1.82) is 0 Å². The Morgan fingerprint density at radius 1 is 1.29 bits per heavy atom. The SMILES string of the molecule is CC(C)NCCNC1(C(C)C)C=CC(N)=CC1. The average molecular weight is 237 g/mol. The molecule has 3 heteroatoms. The normalized spacial score (nSPS) is 24.5. The van der Waals surface area contributed by atoms with E-state index in [0.29, 0.717) is 12.0 Å². The summed E-state index contributed by atoms with van der Waals surface area (Å²) in [5.74, 6) is 0.558. The molecule has 98 valence electrons. The first-order valence-electron chi connectivity index (χ1n) is 6.59. The highest BCUT2D eigenvalue weighted by molar-refractivity contribution is 5.27. The second kappa shape index (κ2) is 6.22. The zero-order chi connectivity index (χ0) is 12.9. The average Bonchev–Trinajstić information content (AvgIpc) is 2.26. The van der Waals surface area contributed by atoms with Crippen molar-refractivity contribution < 1.29 is 0 Å². The highest BCUT2D eigenvalue weighted by Crippen LogP contribution is 2.27. The fourth-order valence-electron chi connectivity index (χ4n) is 2.09. The van der Waals surface area contributed by atoms with Crippen molar-refractivity contribution in [3.8, 4) is 0 Å². The Morgan fingerprint density at radius 3 is 2.47 bits per heavy atom. The van der Waals surface area contributed by atoms with Crippen molar-refractivity contribution in [2.45, 2.75) is 45.7 Å². The maximum atomic E-state index is 5.78. The molecular weight excluding hydrogens is 210 g/mol. The first-order valence-corrected chi connectivity index (χ1v) is 6.59. The van der Waals surface area contributed by atoms with Crippen LogP contribution in [-0.2, 0) is 0 Å². The van der Waals surface area contributed by atoms with E-state index in [2.05, 4.69) is 50.5 Å². The van der Waals surface area contributed by atoms with Crippen LogP contribution in [0.25, 0.3) is 0 Å². The van der Waals surface area contributed by atoms with Crippen molar-refractivity contribution in [2.75, 3.05) is 13.1 Å². The molecule has 1 aliphatic rings.